The maximum absolute atomic E-state index is 8.89. The van der Waals surface area contributed by atoms with E-state index in [1.807, 2.05) is 0 Å². The molecule has 0 aromatic heterocycles. The molecule has 0 bridgehead atoms. The molecule has 0 rings (SSSR count). The van der Waals surface area contributed by atoms with Gasteiger partial charge in [-0.15, -0.1) is 0 Å². The van der Waals surface area contributed by atoms with E-state index in [1.165, 1.54) is 0 Å². The zero-order valence-corrected chi connectivity index (χ0v) is 5.51. The normalized spacial score (nSPS) is 20.1. The number of aliphatic hydroxyl groups excluding tert-OH is 4. The molecule has 0 aliphatic heterocycles. The molecular weight excluding hydrogens is 138 g/mol. The van der Waals surface area contributed by atoms with Crippen LogP contribution in [0.3, 0.4) is 0 Å². The monoisotopic (exact) mass is 151 g/mol. The standard InChI is InChI=1S/C5H13NO4/c6-3(1-7)5(10)4(9)2-8/h3-5,7-10H,1-2,6H2/t3-,4+,5-/m0/s1. The molecule has 0 spiro atoms. The average molecular weight is 151 g/mol. The van der Waals surface area contributed by atoms with E-state index in [9.17, 15) is 0 Å². The zero-order chi connectivity index (χ0) is 8.15. The second kappa shape index (κ2) is 4.59. The highest BCUT2D eigenvalue weighted by molar-refractivity contribution is 4.76. The van der Waals surface area contributed by atoms with Gasteiger partial charge in [0.25, 0.3) is 0 Å². The molecule has 5 heteroatoms. The Bertz CT molecular complexity index is 79.7. The second-order valence-corrected chi connectivity index (χ2v) is 2.09. The minimum absolute atomic E-state index is 0.418. The molecule has 0 heterocycles. The van der Waals surface area contributed by atoms with Crippen molar-refractivity contribution >= 4 is 0 Å². The van der Waals surface area contributed by atoms with E-state index in [-0.39, 0.29) is 0 Å². The fraction of sp³-hybridized carbons (Fsp3) is 1.00. The highest BCUT2D eigenvalue weighted by atomic mass is 16.4. The number of aliphatic hydroxyl groups is 4. The SMILES string of the molecule is N[C@@H](CO)[C@H](O)[C@H](O)CO. The molecule has 5 nitrogen and oxygen atoms in total. The first kappa shape index (κ1) is 9.80. The van der Waals surface area contributed by atoms with Gasteiger partial charge < -0.3 is 26.2 Å². The minimum atomic E-state index is -1.28. The third-order valence-electron chi connectivity index (χ3n) is 1.23. The van der Waals surface area contributed by atoms with E-state index >= 15 is 0 Å². The smallest absolute Gasteiger partial charge is 0.104 e. The van der Waals surface area contributed by atoms with Crippen LogP contribution in [0.15, 0.2) is 0 Å². The van der Waals surface area contributed by atoms with Gasteiger partial charge in [0.05, 0.1) is 25.4 Å². The molecule has 0 aromatic rings. The van der Waals surface area contributed by atoms with Crippen molar-refractivity contribution < 1.29 is 20.4 Å². The Morgan fingerprint density at radius 2 is 1.60 bits per heavy atom. The Labute approximate surface area is 58.7 Å². The highest BCUT2D eigenvalue weighted by Crippen LogP contribution is 1.95. The van der Waals surface area contributed by atoms with Crippen LogP contribution in [0.4, 0.5) is 0 Å². The predicted molar refractivity (Wildman–Crippen MR) is 34.2 cm³/mol. The van der Waals surface area contributed by atoms with Crippen molar-refractivity contribution in [3.8, 4) is 0 Å². The lowest BCUT2D eigenvalue weighted by Crippen LogP contribution is -2.46. The van der Waals surface area contributed by atoms with Crippen molar-refractivity contribution in [3.05, 3.63) is 0 Å². The summed E-state index contributed by atoms with van der Waals surface area (Å²) in [5.41, 5.74) is 5.12. The third kappa shape index (κ3) is 2.59. The Kier molecular flexibility index (Phi) is 4.50. The van der Waals surface area contributed by atoms with Crippen LogP contribution >= 0.6 is 0 Å². The van der Waals surface area contributed by atoms with Crippen LogP contribution in [0.1, 0.15) is 0 Å². The fourth-order valence-corrected chi connectivity index (χ4v) is 0.501. The summed E-state index contributed by atoms with van der Waals surface area (Å²) in [5, 5.41) is 34.3. The van der Waals surface area contributed by atoms with E-state index in [4.69, 9.17) is 26.2 Å². The average Bonchev–Trinajstić information content (AvgIpc) is 2.00. The summed E-state index contributed by atoms with van der Waals surface area (Å²) in [4.78, 5) is 0. The maximum atomic E-state index is 8.89. The van der Waals surface area contributed by atoms with Gasteiger partial charge in [0, 0.05) is 0 Å². The molecule has 0 aromatic carbocycles. The van der Waals surface area contributed by atoms with Crippen LogP contribution < -0.4 is 5.73 Å². The summed E-state index contributed by atoms with van der Waals surface area (Å²) in [6, 6.07) is -0.901. The van der Waals surface area contributed by atoms with Gasteiger partial charge in [-0.3, -0.25) is 0 Å². The maximum Gasteiger partial charge on any atom is 0.104 e. The molecule has 0 saturated heterocycles. The molecule has 0 unspecified atom stereocenters. The van der Waals surface area contributed by atoms with Gasteiger partial charge >= 0.3 is 0 Å². The zero-order valence-electron chi connectivity index (χ0n) is 5.51. The van der Waals surface area contributed by atoms with Gasteiger partial charge in [0.15, 0.2) is 0 Å². The summed E-state index contributed by atoms with van der Waals surface area (Å²) in [6.07, 6.45) is -2.54. The lowest BCUT2D eigenvalue weighted by Gasteiger charge is -2.20. The molecule has 6 N–H and O–H groups in total. The Morgan fingerprint density at radius 3 is 1.90 bits per heavy atom. The molecule has 3 atom stereocenters. The lowest BCUT2D eigenvalue weighted by atomic mass is 10.1. The van der Waals surface area contributed by atoms with Gasteiger partial charge in [-0.1, -0.05) is 0 Å². The van der Waals surface area contributed by atoms with Gasteiger partial charge in [-0.2, -0.15) is 0 Å². The fourth-order valence-electron chi connectivity index (χ4n) is 0.501. The summed E-state index contributed by atoms with van der Waals surface area (Å²) in [7, 11) is 0. The van der Waals surface area contributed by atoms with Crippen LogP contribution in [-0.4, -0.2) is 51.9 Å². The van der Waals surface area contributed by atoms with Crippen molar-refractivity contribution in [2.24, 2.45) is 5.73 Å². The third-order valence-corrected chi connectivity index (χ3v) is 1.23. The highest BCUT2D eigenvalue weighted by Gasteiger charge is 2.21. The van der Waals surface area contributed by atoms with E-state index < -0.39 is 31.5 Å². The van der Waals surface area contributed by atoms with Crippen LogP contribution in [-0.2, 0) is 0 Å². The van der Waals surface area contributed by atoms with Gasteiger partial charge in [-0.05, 0) is 0 Å². The lowest BCUT2D eigenvalue weighted by molar-refractivity contribution is -0.0336. The Morgan fingerprint density at radius 1 is 1.10 bits per heavy atom. The number of hydrogen-bond donors (Lipinski definition) is 5. The Balaban J connectivity index is 3.69. The van der Waals surface area contributed by atoms with E-state index in [0.29, 0.717) is 0 Å². The van der Waals surface area contributed by atoms with Crippen molar-refractivity contribution in [1.82, 2.24) is 0 Å². The van der Waals surface area contributed by atoms with Gasteiger partial charge in [0.1, 0.15) is 6.10 Å². The van der Waals surface area contributed by atoms with Crippen molar-refractivity contribution in [2.75, 3.05) is 13.2 Å². The van der Waals surface area contributed by atoms with Crippen molar-refractivity contribution in [2.45, 2.75) is 18.2 Å². The molecule has 0 radical (unpaired) electrons. The second-order valence-electron chi connectivity index (χ2n) is 2.09. The molecule has 0 saturated carbocycles. The van der Waals surface area contributed by atoms with Crippen LogP contribution in [0.2, 0.25) is 0 Å². The molecule has 0 aliphatic rings. The minimum Gasteiger partial charge on any atom is -0.395 e. The van der Waals surface area contributed by atoms with Crippen LogP contribution in [0.5, 0.6) is 0 Å². The first-order chi connectivity index (χ1) is 4.63. The summed E-state index contributed by atoms with van der Waals surface area (Å²) in [5.74, 6) is 0. The first-order valence-electron chi connectivity index (χ1n) is 2.97. The molecule has 0 fully saturated rings. The summed E-state index contributed by atoms with van der Waals surface area (Å²) >= 11 is 0. The van der Waals surface area contributed by atoms with Gasteiger partial charge in [0.2, 0.25) is 0 Å². The van der Waals surface area contributed by atoms with Gasteiger partial charge in [-0.25, -0.2) is 0 Å². The van der Waals surface area contributed by atoms with E-state index in [0.717, 1.165) is 0 Å². The molecule has 0 amide bonds. The topological polar surface area (TPSA) is 107 Å². The summed E-state index contributed by atoms with van der Waals surface area (Å²) < 4.78 is 0. The van der Waals surface area contributed by atoms with E-state index in [1.54, 1.807) is 0 Å². The molecule has 62 valence electrons. The number of rotatable bonds is 4. The predicted octanol–water partition coefficient (Wildman–Crippen LogP) is -2.98. The van der Waals surface area contributed by atoms with Crippen LogP contribution in [0, 0.1) is 0 Å². The van der Waals surface area contributed by atoms with Crippen molar-refractivity contribution in [3.63, 3.8) is 0 Å². The summed E-state index contributed by atoms with van der Waals surface area (Å²) in [6.45, 7) is -0.979. The number of hydrogen-bond acceptors (Lipinski definition) is 5. The Hall–Kier alpha value is -0.200. The van der Waals surface area contributed by atoms with E-state index in [2.05, 4.69) is 0 Å². The largest absolute Gasteiger partial charge is 0.395 e. The van der Waals surface area contributed by atoms with Crippen molar-refractivity contribution in [1.29, 1.82) is 0 Å². The quantitative estimate of drug-likeness (QED) is 0.295. The molecular formula is C5H13NO4. The molecule has 0 aliphatic carbocycles. The number of nitrogens with two attached hydrogens (primary N) is 1. The van der Waals surface area contributed by atoms with Crippen LogP contribution in [0.25, 0.3) is 0 Å². The first-order valence-corrected chi connectivity index (χ1v) is 2.97. The molecule has 10 heavy (non-hydrogen) atoms.